The predicted molar refractivity (Wildman–Crippen MR) is 83.0 cm³/mol. The summed E-state index contributed by atoms with van der Waals surface area (Å²) in [5, 5.41) is 0. The van der Waals surface area contributed by atoms with Crippen LogP contribution in [0.4, 0.5) is 0 Å². The molecule has 0 saturated carbocycles. The van der Waals surface area contributed by atoms with Crippen LogP contribution in [0.2, 0.25) is 0 Å². The van der Waals surface area contributed by atoms with Crippen LogP contribution >= 0.6 is 0 Å². The predicted octanol–water partition coefficient (Wildman–Crippen LogP) is 3.60. The van der Waals surface area contributed by atoms with Crippen molar-refractivity contribution in [1.29, 1.82) is 0 Å². The first kappa shape index (κ1) is 13.4. The molecular weight excluding hydrogens is 258 g/mol. The van der Waals surface area contributed by atoms with E-state index in [1.807, 2.05) is 36.4 Å². The molecule has 0 saturated heterocycles. The molecule has 0 aliphatic rings. The van der Waals surface area contributed by atoms with Crippen LogP contribution in [0.15, 0.2) is 85.2 Å². The van der Waals surface area contributed by atoms with Gasteiger partial charge in [0.05, 0.1) is 0 Å². The second kappa shape index (κ2) is 6.71. The molecule has 0 radical (unpaired) electrons. The summed E-state index contributed by atoms with van der Waals surface area (Å²) in [5.41, 5.74) is 2.47. The SMILES string of the molecule is c1ccc(C[n+]2ccc(COc3ccccc3)cc2)cc1. The lowest BCUT2D eigenvalue weighted by Crippen LogP contribution is -2.33. The minimum absolute atomic E-state index is 0.593. The summed E-state index contributed by atoms with van der Waals surface area (Å²) < 4.78 is 7.91. The quantitative estimate of drug-likeness (QED) is 0.649. The second-order valence-corrected chi connectivity index (χ2v) is 4.97. The van der Waals surface area contributed by atoms with Crippen LogP contribution < -0.4 is 9.30 Å². The monoisotopic (exact) mass is 276 g/mol. The van der Waals surface area contributed by atoms with E-state index in [0.29, 0.717) is 6.61 Å². The van der Waals surface area contributed by atoms with Gasteiger partial charge in [-0.1, -0.05) is 48.5 Å². The third kappa shape index (κ3) is 3.93. The van der Waals surface area contributed by atoms with Crippen molar-refractivity contribution in [3.8, 4) is 5.75 Å². The molecule has 0 atom stereocenters. The summed E-state index contributed by atoms with van der Waals surface area (Å²) in [6.45, 7) is 1.48. The Morgan fingerprint density at radius 1 is 0.667 bits per heavy atom. The van der Waals surface area contributed by atoms with E-state index in [0.717, 1.165) is 12.3 Å². The van der Waals surface area contributed by atoms with Crippen molar-refractivity contribution in [2.45, 2.75) is 13.2 Å². The highest BCUT2D eigenvalue weighted by atomic mass is 16.5. The minimum atomic E-state index is 0.593. The van der Waals surface area contributed by atoms with Crippen molar-refractivity contribution in [2.75, 3.05) is 0 Å². The molecule has 1 heterocycles. The largest absolute Gasteiger partial charge is 0.489 e. The molecule has 2 aromatic carbocycles. The van der Waals surface area contributed by atoms with Crippen molar-refractivity contribution >= 4 is 0 Å². The van der Waals surface area contributed by atoms with E-state index in [2.05, 4.69) is 53.4 Å². The maximum absolute atomic E-state index is 5.74. The maximum atomic E-state index is 5.74. The molecule has 0 fully saturated rings. The first-order chi connectivity index (χ1) is 10.4. The van der Waals surface area contributed by atoms with E-state index in [1.165, 1.54) is 11.1 Å². The molecule has 2 heteroatoms. The highest BCUT2D eigenvalue weighted by Gasteiger charge is 2.03. The average Bonchev–Trinajstić information content (AvgIpc) is 2.56. The number of rotatable bonds is 5. The van der Waals surface area contributed by atoms with E-state index in [4.69, 9.17) is 4.74 Å². The van der Waals surface area contributed by atoms with Crippen molar-refractivity contribution < 1.29 is 9.30 Å². The Kier molecular flexibility index (Phi) is 4.27. The number of benzene rings is 2. The van der Waals surface area contributed by atoms with Gasteiger partial charge < -0.3 is 4.74 Å². The van der Waals surface area contributed by atoms with Gasteiger partial charge in [-0.25, -0.2) is 4.57 Å². The van der Waals surface area contributed by atoms with Crippen LogP contribution in [0.1, 0.15) is 11.1 Å². The molecule has 0 aliphatic heterocycles. The lowest BCUT2D eigenvalue weighted by molar-refractivity contribution is -0.688. The fourth-order valence-electron chi connectivity index (χ4n) is 2.17. The molecule has 21 heavy (non-hydrogen) atoms. The second-order valence-electron chi connectivity index (χ2n) is 4.97. The van der Waals surface area contributed by atoms with E-state index < -0.39 is 0 Å². The molecular formula is C19H18NO+. The Morgan fingerprint density at radius 2 is 1.29 bits per heavy atom. The van der Waals surface area contributed by atoms with Crippen molar-refractivity contribution in [3.05, 3.63) is 96.3 Å². The van der Waals surface area contributed by atoms with Gasteiger partial charge in [-0.2, -0.15) is 0 Å². The molecule has 0 unspecified atom stereocenters. The summed E-state index contributed by atoms with van der Waals surface area (Å²) in [6.07, 6.45) is 4.19. The minimum Gasteiger partial charge on any atom is -0.489 e. The summed E-state index contributed by atoms with van der Waals surface area (Å²) in [5.74, 6) is 0.901. The van der Waals surface area contributed by atoms with E-state index in [1.54, 1.807) is 0 Å². The first-order valence-electron chi connectivity index (χ1n) is 7.10. The van der Waals surface area contributed by atoms with Gasteiger partial charge in [0.25, 0.3) is 0 Å². The molecule has 0 spiro atoms. The zero-order valence-electron chi connectivity index (χ0n) is 11.9. The number of aromatic nitrogens is 1. The Morgan fingerprint density at radius 3 is 1.95 bits per heavy atom. The van der Waals surface area contributed by atoms with Crippen molar-refractivity contribution in [3.63, 3.8) is 0 Å². The number of hydrogen-bond donors (Lipinski definition) is 0. The smallest absolute Gasteiger partial charge is 0.173 e. The number of nitrogens with zero attached hydrogens (tertiary/aromatic N) is 1. The van der Waals surface area contributed by atoms with Gasteiger partial charge in [-0.05, 0) is 12.1 Å². The van der Waals surface area contributed by atoms with Crippen LogP contribution in [0.5, 0.6) is 5.75 Å². The topological polar surface area (TPSA) is 13.1 Å². The molecule has 2 nitrogen and oxygen atoms in total. The average molecular weight is 276 g/mol. The fourth-order valence-corrected chi connectivity index (χ4v) is 2.17. The number of ether oxygens (including phenoxy) is 1. The lowest BCUT2D eigenvalue weighted by Gasteiger charge is -2.05. The molecule has 0 N–H and O–H groups in total. The van der Waals surface area contributed by atoms with Crippen LogP contribution in [-0.2, 0) is 13.2 Å². The Hall–Kier alpha value is -2.61. The van der Waals surface area contributed by atoms with Crippen LogP contribution in [0, 0.1) is 0 Å². The summed E-state index contributed by atoms with van der Waals surface area (Å²) >= 11 is 0. The summed E-state index contributed by atoms with van der Waals surface area (Å²) in [6, 6.07) is 24.5. The van der Waals surface area contributed by atoms with Gasteiger partial charge in [-0.15, -0.1) is 0 Å². The molecule has 0 amide bonds. The first-order valence-corrected chi connectivity index (χ1v) is 7.10. The van der Waals surface area contributed by atoms with Gasteiger partial charge in [0.15, 0.2) is 18.9 Å². The van der Waals surface area contributed by atoms with Gasteiger partial charge in [0, 0.05) is 23.3 Å². The zero-order chi connectivity index (χ0) is 14.3. The molecule has 0 aliphatic carbocycles. The third-order valence-corrected chi connectivity index (χ3v) is 3.32. The summed E-state index contributed by atoms with van der Waals surface area (Å²) in [4.78, 5) is 0. The van der Waals surface area contributed by atoms with Crippen LogP contribution in [0.25, 0.3) is 0 Å². The summed E-state index contributed by atoms with van der Waals surface area (Å²) in [7, 11) is 0. The van der Waals surface area contributed by atoms with Gasteiger partial charge in [0.2, 0.25) is 0 Å². The number of hydrogen-bond acceptors (Lipinski definition) is 1. The molecule has 3 aromatic rings. The Bertz CT molecular complexity index is 663. The Labute approximate surface area is 125 Å². The zero-order valence-corrected chi connectivity index (χ0v) is 11.9. The van der Waals surface area contributed by atoms with E-state index in [-0.39, 0.29) is 0 Å². The molecule has 3 rings (SSSR count). The fraction of sp³-hybridized carbons (Fsp3) is 0.105. The molecule has 104 valence electrons. The molecule has 1 aromatic heterocycles. The van der Waals surface area contributed by atoms with Crippen molar-refractivity contribution in [2.24, 2.45) is 0 Å². The highest BCUT2D eigenvalue weighted by Crippen LogP contribution is 2.10. The van der Waals surface area contributed by atoms with E-state index in [9.17, 15) is 0 Å². The maximum Gasteiger partial charge on any atom is 0.173 e. The van der Waals surface area contributed by atoms with E-state index >= 15 is 0 Å². The van der Waals surface area contributed by atoms with Gasteiger partial charge >= 0.3 is 0 Å². The van der Waals surface area contributed by atoms with Crippen molar-refractivity contribution in [1.82, 2.24) is 0 Å². The normalized spacial score (nSPS) is 10.3. The lowest BCUT2D eigenvalue weighted by atomic mass is 10.2. The molecule has 0 bridgehead atoms. The number of pyridine rings is 1. The van der Waals surface area contributed by atoms with Gasteiger partial charge in [-0.3, -0.25) is 0 Å². The Balaban J connectivity index is 1.59. The van der Waals surface area contributed by atoms with Gasteiger partial charge in [0.1, 0.15) is 12.4 Å². The standard InChI is InChI=1S/C19H18NO/c1-3-7-17(8-4-1)15-20-13-11-18(12-14-20)16-21-19-9-5-2-6-10-19/h1-14H,15-16H2/q+1. The van der Waals surface area contributed by atoms with Crippen LogP contribution in [0.3, 0.4) is 0 Å². The van der Waals surface area contributed by atoms with Crippen LogP contribution in [-0.4, -0.2) is 0 Å². The third-order valence-electron chi connectivity index (χ3n) is 3.32. The number of para-hydroxylation sites is 1. The highest BCUT2D eigenvalue weighted by molar-refractivity contribution is 5.21.